The molecule has 0 amide bonds. The summed E-state index contributed by atoms with van der Waals surface area (Å²) in [7, 11) is 0. The predicted molar refractivity (Wildman–Crippen MR) is 76.3 cm³/mol. The first-order chi connectivity index (χ1) is 9.99. The van der Waals surface area contributed by atoms with E-state index in [1.807, 2.05) is 13.8 Å². The Balaban J connectivity index is 2.26. The molecule has 0 fully saturated rings. The molecule has 0 aliphatic carbocycles. The highest BCUT2D eigenvalue weighted by Crippen LogP contribution is 2.31. The first-order valence-corrected chi connectivity index (χ1v) is 6.62. The topological polar surface area (TPSA) is 116 Å². The lowest BCUT2D eigenvalue weighted by atomic mass is 10.2. The fourth-order valence-electron chi connectivity index (χ4n) is 2.13. The van der Waals surface area contributed by atoms with Gasteiger partial charge in [0, 0.05) is 12.1 Å². The van der Waals surface area contributed by atoms with Crippen LogP contribution < -0.4 is 5.73 Å². The Morgan fingerprint density at radius 3 is 2.67 bits per heavy atom. The van der Waals surface area contributed by atoms with Gasteiger partial charge in [0.25, 0.3) is 0 Å². The van der Waals surface area contributed by atoms with Crippen LogP contribution in [0, 0.1) is 0 Å². The summed E-state index contributed by atoms with van der Waals surface area (Å²) in [6, 6.07) is 1.75. The van der Waals surface area contributed by atoms with Crippen molar-refractivity contribution in [1.29, 1.82) is 0 Å². The molecule has 0 saturated carbocycles. The second-order valence-corrected chi connectivity index (χ2v) is 5.13. The smallest absolute Gasteiger partial charge is 0.165 e. The van der Waals surface area contributed by atoms with Crippen LogP contribution in [0.3, 0.4) is 0 Å². The van der Waals surface area contributed by atoms with Gasteiger partial charge >= 0.3 is 0 Å². The first-order valence-electron chi connectivity index (χ1n) is 6.62. The van der Waals surface area contributed by atoms with Crippen molar-refractivity contribution < 1.29 is 9.63 Å². The molecule has 0 aliphatic rings. The fourth-order valence-corrected chi connectivity index (χ4v) is 2.13. The van der Waals surface area contributed by atoms with Gasteiger partial charge in [0.05, 0.1) is 5.39 Å². The number of hydrogen-bond acceptors (Lipinski definition) is 7. The summed E-state index contributed by atoms with van der Waals surface area (Å²) < 4.78 is 6.87. The lowest BCUT2D eigenvalue weighted by Crippen LogP contribution is -2.04. The highest BCUT2D eigenvalue weighted by Gasteiger charge is 2.21. The molecule has 0 aliphatic heterocycles. The molecule has 0 aromatic carbocycles. The molecule has 110 valence electrons. The minimum absolute atomic E-state index is 0.110. The lowest BCUT2D eigenvalue weighted by Gasteiger charge is -2.05. The van der Waals surface area contributed by atoms with E-state index in [1.54, 1.807) is 17.7 Å². The zero-order valence-corrected chi connectivity index (χ0v) is 12.0. The third-order valence-corrected chi connectivity index (χ3v) is 3.19. The van der Waals surface area contributed by atoms with Gasteiger partial charge in [-0.15, -0.1) is 0 Å². The SMILES string of the molecule is CC(C)n1nc(-c2cc([C@@H](C)O)on2)c2c(N)ncnc21. The summed E-state index contributed by atoms with van der Waals surface area (Å²) in [4.78, 5) is 8.27. The van der Waals surface area contributed by atoms with E-state index in [9.17, 15) is 5.11 Å². The second kappa shape index (κ2) is 4.81. The average molecular weight is 288 g/mol. The summed E-state index contributed by atoms with van der Waals surface area (Å²) in [5.41, 5.74) is 7.66. The molecule has 0 saturated heterocycles. The van der Waals surface area contributed by atoms with Gasteiger partial charge in [0.2, 0.25) is 0 Å². The van der Waals surface area contributed by atoms with E-state index in [4.69, 9.17) is 10.3 Å². The van der Waals surface area contributed by atoms with Crippen LogP contribution in [-0.2, 0) is 0 Å². The summed E-state index contributed by atoms with van der Waals surface area (Å²) in [6.45, 7) is 5.60. The minimum Gasteiger partial charge on any atom is -0.385 e. The van der Waals surface area contributed by atoms with Crippen LogP contribution in [0.4, 0.5) is 5.82 Å². The van der Waals surface area contributed by atoms with Crippen LogP contribution in [0.2, 0.25) is 0 Å². The van der Waals surface area contributed by atoms with Crippen molar-refractivity contribution in [2.24, 2.45) is 0 Å². The maximum atomic E-state index is 9.54. The van der Waals surface area contributed by atoms with Gasteiger partial charge in [0.15, 0.2) is 11.4 Å². The standard InChI is InChI=1S/C13H16N6O2/c1-6(2)19-13-10(12(14)15-5-16-13)11(17-19)8-4-9(7(3)20)21-18-8/h4-7,20H,1-3H3,(H2,14,15,16)/t7-/m1/s1. The van der Waals surface area contributed by atoms with Gasteiger partial charge < -0.3 is 15.4 Å². The number of anilines is 1. The molecule has 8 heteroatoms. The van der Waals surface area contributed by atoms with Crippen molar-refractivity contribution in [3.05, 3.63) is 18.2 Å². The average Bonchev–Trinajstić information content (AvgIpc) is 3.03. The van der Waals surface area contributed by atoms with Crippen LogP contribution in [0.25, 0.3) is 22.4 Å². The number of hydrogen-bond donors (Lipinski definition) is 2. The number of nitrogen functional groups attached to an aromatic ring is 1. The Labute approximate surface area is 120 Å². The number of aliphatic hydroxyl groups excluding tert-OH is 1. The second-order valence-electron chi connectivity index (χ2n) is 5.13. The summed E-state index contributed by atoms with van der Waals surface area (Å²) >= 11 is 0. The predicted octanol–water partition coefficient (Wildman–Crippen LogP) is 1.70. The normalized spacial score (nSPS) is 13.2. The summed E-state index contributed by atoms with van der Waals surface area (Å²) in [5.74, 6) is 0.705. The molecule has 3 heterocycles. The molecule has 8 nitrogen and oxygen atoms in total. The largest absolute Gasteiger partial charge is 0.385 e. The van der Waals surface area contributed by atoms with Crippen molar-refractivity contribution in [1.82, 2.24) is 24.9 Å². The zero-order valence-electron chi connectivity index (χ0n) is 12.0. The number of rotatable bonds is 3. The Morgan fingerprint density at radius 1 is 1.29 bits per heavy atom. The van der Waals surface area contributed by atoms with Crippen LogP contribution in [0.1, 0.15) is 38.7 Å². The van der Waals surface area contributed by atoms with Crippen LogP contribution in [0.5, 0.6) is 0 Å². The molecule has 3 rings (SSSR count). The van der Waals surface area contributed by atoms with E-state index < -0.39 is 6.10 Å². The van der Waals surface area contributed by atoms with Crippen molar-refractivity contribution in [2.45, 2.75) is 32.9 Å². The molecule has 21 heavy (non-hydrogen) atoms. The van der Waals surface area contributed by atoms with E-state index in [1.165, 1.54) is 6.33 Å². The third-order valence-electron chi connectivity index (χ3n) is 3.19. The minimum atomic E-state index is -0.738. The van der Waals surface area contributed by atoms with Crippen molar-refractivity contribution in [2.75, 3.05) is 5.73 Å². The van der Waals surface area contributed by atoms with Gasteiger partial charge in [-0.2, -0.15) is 5.10 Å². The summed E-state index contributed by atoms with van der Waals surface area (Å²) in [6.07, 6.45) is 0.671. The van der Waals surface area contributed by atoms with Gasteiger partial charge in [-0.25, -0.2) is 14.6 Å². The lowest BCUT2D eigenvalue weighted by molar-refractivity contribution is 0.158. The van der Waals surface area contributed by atoms with E-state index >= 15 is 0 Å². The Bertz CT molecular complexity index is 789. The number of nitrogens with two attached hydrogens (primary N) is 1. The number of nitrogens with zero attached hydrogens (tertiary/aromatic N) is 5. The van der Waals surface area contributed by atoms with Crippen molar-refractivity contribution >= 4 is 16.9 Å². The summed E-state index contributed by atoms with van der Waals surface area (Å²) in [5, 5.41) is 18.6. The molecule has 0 spiro atoms. The monoisotopic (exact) mass is 288 g/mol. The molecule has 3 aromatic heterocycles. The fraction of sp³-hybridized carbons (Fsp3) is 0.385. The maximum absolute atomic E-state index is 9.54. The van der Waals surface area contributed by atoms with Gasteiger partial charge in [-0.3, -0.25) is 0 Å². The highest BCUT2D eigenvalue weighted by atomic mass is 16.5. The van der Waals surface area contributed by atoms with Crippen LogP contribution >= 0.6 is 0 Å². The number of aliphatic hydroxyl groups is 1. The molecule has 3 N–H and O–H groups in total. The molecule has 0 radical (unpaired) electrons. The van der Waals surface area contributed by atoms with Crippen molar-refractivity contribution in [3.8, 4) is 11.4 Å². The van der Waals surface area contributed by atoms with Gasteiger partial charge in [-0.05, 0) is 20.8 Å². The van der Waals surface area contributed by atoms with Crippen LogP contribution in [0.15, 0.2) is 16.9 Å². The van der Waals surface area contributed by atoms with Gasteiger partial charge in [-0.1, -0.05) is 5.16 Å². The Kier molecular flexibility index (Phi) is 3.09. The molecule has 3 aromatic rings. The van der Waals surface area contributed by atoms with Crippen molar-refractivity contribution in [3.63, 3.8) is 0 Å². The number of fused-ring (bicyclic) bond motifs is 1. The molecular weight excluding hydrogens is 272 g/mol. The van der Waals surface area contributed by atoms with E-state index in [2.05, 4.69) is 20.2 Å². The Morgan fingerprint density at radius 2 is 2.05 bits per heavy atom. The zero-order chi connectivity index (χ0) is 15.1. The van der Waals surface area contributed by atoms with E-state index in [-0.39, 0.29) is 6.04 Å². The van der Waals surface area contributed by atoms with E-state index in [0.29, 0.717) is 34.0 Å². The number of aromatic nitrogens is 5. The van der Waals surface area contributed by atoms with Gasteiger partial charge in [0.1, 0.15) is 29.6 Å². The first kappa shape index (κ1) is 13.5. The quantitative estimate of drug-likeness (QED) is 0.753. The molecule has 0 unspecified atom stereocenters. The maximum Gasteiger partial charge on any atom is 0.165 e. The van der Waals surface area contributed by atoms with E-state index in [0.717, 1.165) is 0 Å². The Hall–Kier alpha value is -2.48. The van der Waals surface area contributed by atoms with Crippen LogP contribution in [-0.4, -0.2) is 30.0 Å². The molecule has 0 bridgehead atoms. The molecular formula is C13H16N6O2. The molecule has 1 atom stereocenters. The highest BCUT2D eigenvalue weighted by molar-refractivity contribution is 5.97. The third kappa shape index (κ3) is 2.13.